The van der Waals surface area contributed by atoms with Crippen molar-refractivity contribution in [1.29, 1.82) is 0 Å². The van der Waals surface area contributed by atoms with Crippen molar-refractivity contribution < 1.29 is 14.3 Å². The Morgan fingerprint density at radius 3 is 2.67 bits per heavy atom. The summed E-state index contributed by atoms with van der Waals surface area (Å²) in [6.45, 7) is 3.02. The van der Waals surface area contributed by atoms with Gasteiger partial charge in [0.25, 0.3) is 0 Å². The van der Waals surface area contributed by atoms with Crippen LogP contribution in [0.25, 0.3) is 0 Å². The molecule has 4 atom stereocenters. The van der Waals surface area contributed by atoms with Crippen molar-refractivity contribution in [2.75, 3.05) is 32.7 Å². The van der Waals surface area contributed by atoms with Crippen molar-refractivity contribution in [3.63, 3.8) is 0 Å². The molecule has 30 heavy (non-hydrogen) atoms. The van der Waals surface area contributed by atoms with E-state index in [9.17, 15) is 9.59 Å². The number of hydrogen-bond donors (Lipinski definition) is 1. The second-order valence-corrected chi connectivity index (χ2v) is 8.81. The van der Waals surface area contributed by atoms with Gasteiger partial charge in [-0.05, 0) is 25.7 Å². The van der Waals surface area contributed by atoms with E-state index in [1.54, 1.807) is 4.90 Å². The third-order valence-corrected chi connectivity index (χ3v) is 7.32. The molecule has 0 unspecified atom stereocenters. The fraction of sp³-hybridized carbons (Fsp3) is 0.750. The van der Waals surface area contributed by atoms with Crippen molar-refractivity contribution in [3.8, 4) is 0 Å². The first-order valence-corrected chi connectivity index (χ1v) is 10.5. The maximum Gasteiger partial charge on any atom is 0.229 e. The van der Waals surface area contributed by atoms with Crippen molar-refractivity contribution in [2.45, 2.75) is 43.3 Å². The summed E-state index contributed by atoms with van der Waals surface area (Å²) in [6.07, 6.45) is 7.28. The van der Waals surface area contributed by atoms with Crippen LogP contribution in [0.15, 0.2) is 12.4 Å². The topological polar surface area (TPSA) is 93.7 Å². The summed E-state index contributed by atoms with van der Waals surface area (Å²) in [4.78, 5) is 34.7. The van der Waals surface area contributed by atoms with E-state index in [4.69, 9.17) is 10.5 Å². The number of hydrogen-bond acceptors (Lipinski definition) is 5. The minimum atomic E-state index is -0.456. The van der Waals surface area contributed by atoms with Gasteiger partial charge in [0.2, 0.25) is 11.8 Å². The molecular formula is C20H31Cl2N5O3. The number of imidazole rings is 1. The summed E-state index contributed by atoms with van der Waals surface area (Å²) >= 11 is 0. The molecule has 1 aromatic heterocycles. The van der Waals surface area contributed by atoms with Crippen molar-refractivity contribution in [3.05, 3.63) is 18.2 Å². The van der Waals surface area contributed by atoms with Crippen LogP contribution in [0.4, 0.5) is 0 Å². The molecule has 10 heteroatoms. The summed E-state index contributed by atoms with van der Waals surface area (Å²) in [7, 11) is 2.02. The number of amides is 2. The predicted molar refractivity (Wildman–Crippen MR) is 116 cm³/mol. The molecule has 5 heterocycles. The molecule has 1 spiro atoms. The summed E-state index contributed by atoms with van der Waals surface area (Å²) in [5.41, 5.74) is 5.22. The van der Waals surface area contributed by atoms with E-state index in [2.05, 4.69) is 9.55 Å². The lowest BCUT2D eigenvalue weighted by Crippen LogP contribution is -2.49. The van der Waals surface area contributed by atoms with E-state index in [0.29, 0.717) is 25.6 Å². The smallest absolute Gasteiger partial charge is 0.229 e. The van der Waals surface area contributed by atoms with E-state index in [1.807, 2.05) is 24.3 Å². The summed E-state index contributed by atoms with van der Waals surface area (Å²) in [5, 5.41) is 0. The van der Waals surface area contributed by atoms with Gasteiger partial charge in [0.15, 0.2) is 0 Å². The molecular weight excluding hydrogens is 429 g/mol. The number of aromatic nitrogens is 2. The fourth-order valence-electron chi connectivity index (χ4n) is 6.01. The number of halogens is 2. The molecule has 2 amide bonds. The van der Waals surface area contributed by atoms with Crippen LogP contribution in [-0.4, -0.2) is 75.6 Å². The van der Waals surface area contributed by atoms with Crippen molar-refractivity contribution in [2.24, 2.45) is 24.6 Å². The van der Waals surface area contributed by atoms with Crippen molar-refractivity contribution >= 4 is 36.6 Å². The lowest BCUT2D eigenvalue weighted by molar-refractivity contribution is -0.145. The molecule has 4 fully saturated rings. The molecule has 0 aliphatic carbocycles. The van der Waals surface area contributed by atoms with Gasteiger partial charge in [0, 0.05) is 51.5 Å². The van der Waals surface area contributed by atoms with E-state index in [-0.39, 0.29) is 54.6 Å². The van der Waals surface area contributed by atoms with Crippen LogP contribution in [0.3, 0.4) is 0 Å². The molecule has 4 aliphatic heterocycles. The van der Waals surface area contributed by atoms with Gasteiger partial charge < -0.3 is 24.8 Å². The molecule has 4 saturated heterocycles. The van der Waals surface area contributed by atoms with Gasteiger partial charge in [-0.25, -0.2) is 4.98 Å². The van der Waals surface area contributed by atoms with E-state index >= 15 is 0 Å². The van der Waals surface area contributed by atoms with Gasteiger partial charge in [-0.3, -0.25) is 9.59 Å². The highest BCUT2D eigenvalue weighted by molar-refractivity contribution is 5.92. The largest absolute Gasteiger partial charge is 0.368 e. The van der Waals surface area contributed by atoms with Crippen LogP contribution < -0.4 is 5.73 Å². The molecule has 5 rings (SSSR count). The highest BCUT2D eigenvalue weighted by atomic mass is 35.5. The van der Waals surface area contributed by atoms with Crippen LogP contribution in [0.1, 0.15) is 37.4 Å². The molecule has 2 N–H and O–H groups in total. The Bertz CT molecular complexity index is 797. The second-order valence-electron chi connectivity index (χ2n) is 8.81. The van der Waals surface area contributed by atoms with Gasteiger partial charge in [0.1, 0.15) is 5.82 Å². The average molecular weight is 460 g/mol. The Hall–Kier alpha value is -1.35. The lowest BCUT2D eigenvalue weighted by Gasteiger charge is -2.36. The molecule has 4 aliphatic rings. The van der Waals surface area contributed by atoms with Crippen molar-refractivity contribution in [1.82, 2.24) is 19.4 Å². The summed E-state index contributed by atoms with van der Waals surface area (Å²) < 4.78 is 8.36. The lowest BCUT2D eigenvalue weighted by atomic mass is 9.72. The number of carbonyl (C=O) groups is 2. The number of nitrogens with zero attached hydrogens (tertiary/aromatic N) is 4. The Morgan fingerprint density at radius 1 is 1.30 bits per heavy atom. The zero-order valence-corrected chi connectivity index (χ0v) is 18.9. The number of carbonyl (C=O) groups excluding carboxylic acids is 2. The number of fused-ring (bicyclic) bond motifs is 1. The zero-order chi connectivity index (χ0) is 19.5. The fourth-order valence-corrected chi connectivity index (χ4v) is 6.01. The zero-order valence-electron chi connectivity index (χ0n) is 17.2. The Kier molecular flexibility index (Phi) is 6.72. The predicted octanol–water partition coefficient (Wildman–Crippen LogP) is 0.934. The number of aryl methyl sites for hydroxylation is 1. The van der Waals surface area contributed by atoms with E-state index < -0.39 is 5.60 Å². The molecule has 0 radical (unpaired) electrons. The van der Waals surface area contributed by atoms with Crippen LogP contribution in [0.5, 0.6) is 0 Å². The average Bonchev–Trinajstić information content (AvgIpc) is 3.44. The SMILES string of the molecule is Cl.Cl.Cn1ccnc1C1CCN(C(=O)[C@H]2[C@@H]3CC[C@@]4(CN(CCN)C(=O)[C@@H]24)O3)CC1. The number of rotatable bonds is 4. The monoisotopic (exact) mass is 459 g/mol. The number of likely N-dealkylation sites (tertiary alicyclic amines) is 2. The molecule has 0 saturated carbocycles. The third kappa shape index (κ3) is 3.42. The minimum absolute atomic E-state index is 0. The molecule has 2 bridgehead atoms. The standard InChI is InChI=1S/C20H29N5O3.2ClH/c1-23-11-7-22-17(23)13-3-8-24(9-4-13)18(26)15-14-2-5-20(28-14)12-25(10-6-21)19(27)16(15)20;;/h7,11,13-16H,2-6,8-10,12,21H2,1H3;2*1H/t14-,15-,16+,20-;;/m0../s1. The number of nitrogens with two attached hydrogens (primary N) is 1. The number of ether oxygens (including phenoxy) is 1. The van der Waals surface area contributed by atoms with Crippen LogP contribution in [-0.2, 0) is 21.4 Å². The molecule has 168 valence electrons. The molecule has 1 aromatic rings. The normalized spacial score (nSPS) is 32.7. The maximum atomic E-state index is 13.4. The van der Waals surface area contributed by atoms with Crippen LogP contribution in [0, 0.1) is 11.8 Å². The first-order chi connectivity index (χ1) is 13.5. The van der Waals surface area contributed by atoms with Crippen LogP contribution >= 0.6 is 24.8 Å². The second kappa shape index (κ2) is 8.65. The highest BCUT2D eigenvalue weighted by Gasteiger charge is 2.69. The quantitative estimate of drug-likeness (QED) is 0.722. The van der Waals surface area contributed by atoms with E-state index in [0.717, 1.165) is 44.6 Å². The Balaban J connectivity index is 0.00000128. The maximum absolute atomic E-state index is 13.4. The first kappa shape index (κ1) is 23.3. The number of piperidine rings is 1. The van der Waals surface area contributed by atoms with Gasteiger partial charge in [-0.1, -0.05) is 0 Å². The Morgan fingerprint density at radius 2 is 2.03 bits per heavy atom. The molecule has 0 aromatic carbocycles. The molecule has 8 nitrogen and oxygen atoms in total. The summed E-state index contributed by atoms with van der Waals surface area (Å²) in [6, 6.07) is 0. The third-order valence-electron chi connectivity index (χ3n) is 7.32. The Labute approximate surface area is 189 Å². The van der Waals surface area contributed by atoms with E-state index in [1.165, 1.54) is 0 Å². The highest BCUT2D eigenvalue weighted by Crippen LogP contribution is 2.55. The minimum Gasteiger partial charge on any atom is -0.368 e. The van der Waals surface area contributed by atoms with Gasteiger partial charge in [0.05, 0.1) is 30.1 Å². The van der Waals surface area contributed by atoms with Gasteiger partial charge in [-0.2, -0.15) is 0 Å². The van der Waals surface area contributed by atoms with Gasteiger partial charge >= 0.3 is 0 Å². The first-order valence-electron chi connectivity index (χ1n) is 10.5. The summed E-state index contributed by atoms with van der Waals surface area (Å²) in [5.74, 6) is 1.01. The van der Waals surface area contributed by atoms with Gasteiger partial charge in [-0.15, -0.1) is 24.8 Å². The van der Waals surface area contributed by atoms with Crippen LogP contribution in [0.2, 0.25) is 0 Å².